The predicted octanol–water partition coefficient (Wildman–Crippen LogP) is 3.15. The molecule has 3 aromatic rings. The Hall–Kier alpha value is -3.74. The van der Waals surface area contributed by atoms with Crippen molar-refractivity contribution in [3.63, 3.8) is 0 Å². The minimum absolute atomic E-state index is 0.239. The van der Waals surface area contributed by atoms with Gasteiger partial charge in [0, 0.05) is 19.3 Å². The van der Waals surface area contributed by atoms with Gasteiger partial charge in [-0.25, -0.2) is 4.79 Å². The van der Waals surface area contributed by atoms with E-state index >= 15 is 0 Å². The number of anilines is 2. The van der Waals surface area contributed by atoms with Crippen molar-refractivity contribution in [1.29, 1.82) is 0 Å². The molecular weight excluding hydrogens is 356 g/mol. The molecule has 1 amide bonds. The lowest BCUT2D eigenvalue weighted by Gasteiger charge is -2.17. The Morgan fingerprint density at radius 1 is 0.964 bits per heavy atom. The maximum absolute atomic E-state index is 12.2. The fraction of sp³-hybridized carbons (Fsp3) is 0.143. The van der Waals surface area contributed by atoms with Gasteiger partial charge in [0.15, 0.2) is 11.5 Å². The standard InChI is InChI=1S/C21H20N4O3/c1-25(14-15-8-10-16(11-9-15)21(27)28-2)19-13-12-18(23-24-19)20(26)22-17-6-4-3-5-7-17/h3-13H,14H2,1-2H3,(H,22,26). The van der Waals surface area contributed by atoms with Crippen molar-refractivity contribution in [2.24, 2.45) is 0 Å². The van der Waals surface area contributed by atoms with Crippen LogP contribution in [0.5, 0.6) is 0 Å². The normalized spacial score (nSPS) is 10.2. The summed E-state index contributed by atoms with van der Waals surface area (Å²) < 4.78 is 4.69. The molecule has 0 fully saturated rings. The summed E-state index contributed by atoms with van der Waals surface area (Å²) in [5.41, 5.74) is 2.44. The number of nitrogens with zero attached hydrogens (tertiary/aromatic N) is 3. The summed E-state index contributed by atoms with van der Waals surface area (Å²) in [4.78, 5) is 25.6. The summed E-state index contributed by atoms with van der Waals surface area (Å²) in [6.45, 7) is 0.575. The van der Waals surface area contributed by atoms with Crippen molar-refractivity contribution in [3.05, 3.63) is 83.6 Å². The molecule has 2 aromatic carbocycles. The molecule has 0 aliphatic carbocycles. The zero-order chi connectivity index (χ0) is 19.9. The molecule has 3 rings (SSSR count). The molecule has 1 heterocycles. The number of nitrogens with one attached hydrogen (secondary N) is 1. The number of rotatable bonds is 6. The molecule has 1 N–H and O–H groups in total. The van der Waals surface area contributed by atoms with Gasteiger partial charge in [0.1, 0.15) is 0 Å². The topological polar surface area (TPSA) is 84.4 Å². The molecule has 0 bridgehead atoms. The van der Waals surface area contributed by atoms with Gasteiger partial charge in [-0.2, -0.15) is 0 Å². The number of hydrogen-bond acceptors (Lipinski definition) is 6. The molecule has 0 aliphatic rings. The molecule has 7 heteroatoms. The van der Waals surface area contributed by atoms with E-state index in [2.05, 4.69) is 15.5 Å². The Bertz CT molecular complexity index is 942. The number of esters is 1. The van der Waals surface area contributed by atoms with E-state index in [1.807, 2.05) is 42.3 Å². The second-order valence-electron chi connectivity index (χ2n) is 6.14. The molecule has 0 aliphatic heterocycles. The van der Waals surface area contributed by atoms with Crippen LogP contribution >= 0.6 is 0 Å². The minimum Gasteiger partial charge on any atom is -0.465 e. The van der Waals surface area contributed by atoms with E-state index in [9.17, 15) is 9.59 Å². The zero-order valence-corrected chi connectivity index (χ0v) is 15.6. The Kier molecular flexibility index (Phi) is 5.96. The van der Waals surface area contributed by atoms with Crippen LogP contribution < -0.4 is 10.2 Å². The third kappa shape index (κ3) is 4.70. The first-order valence-electron chi connectivity index (χ1n) is 8.65. The van der Waals surface area contributed by atoms with Gasteiger partial charge in [0.2, 0.25) is 0 Å². The van der Waals surface area contributed by atoms with Gasteiger partial charge < -0.3 is 15.0 Å². The Balaban J connectivity index is 1.62. The fourth-order valence-corrected chi connectivity index (χ4v) is 2.59. The van der Waals surface area contributed by atoms with Crippen LogP contribution in [0.4, 0.5) is 11.5 Å². The first-order chi connectivity index (χ1) is 13.6. The first kappa shape index (κ1) is 19.0. The zero-order valence-electron chi connectivity index (χ0n) is 15.6. The second kappa shape index (κ2) is 8.77. The molecule has 0 unspecified atom stereocenters. The maximum Gasteiger partial charge on any atom is 0.337 e. The highest BCUT2D eigenvalue weighted by Gasteiger charge is 2.11. The number of aromatic nitrogens is 2. The average Bonchev–Trinajstić information content (AvgIpc) is 2.74. The van der Waals surface area contributed by atoms with Crippen LogP contribution in [0, 0.1) is 0 Å². The largest absolute Gasteiger partial charge is 0.465 e. The van der Waals surface area contributed by atoms with Gasteiger partial charge in [0.25, 0.3) is 5.91 Å². The Labute approximate surface area is 163 Å². The van der Waals surface area contributed by atoms with Crippen molar-refractivity contribution in [1.82, 2.24) is 10.2 Å². The number of carbonyl (C=O) groups is 2. The lowest BCUT2D eigenvalue weighted by molar-refractivity contribution is 0.0600. The van der Waals surface area contributed by atoms with E-state index in [0.29, 0.717) is 23.6 Å². The maximum atomic E-state index is 12.2. The molecular formula is C21H20N4O3. The van der Waals surface area contributed by atoms with Crippen LogP contribution in [0.15, 0.2) is 66.7 Å². The highest BCUT2D eigenvalue weighted by atomic mass is 16.5. The number of ether oxygens (including phenoxy) is 1. The molecule has 28 heavy (non-hydrogen) atoms. The van der Waals surface area contributed by atoms with Gasteiger partial charge >= 0.3 is 5.97 Å². The molecule has 0 saturated carbocycles. The van der Waals surface area contributed by atoms with Crippen LogP contribution in [0.2, 0.25) is 0 Å². The van der Waals surface area contributed by atoms with Crippen molar-refractivity contribution in [2.75, 3.05) is 24.4 Å². The van der Waals surface area contributed by atoms with E-state index in [1.165, 1.54) is 7.11 Å². The van der Waals surface area contributed by atoms with Crippen molar-refractivity contribution >= 4 is 23.4 Å². The first-order valence-corrected chi connectivity index (χ1v) is 8.65. The number of carbonyl (C=O) groups excluding carboxylic acids is 2. The van der Waals surface area contributed by atoms with Gasteiger partial charge in [0.05, 0.1) is 12.7 Å². The summed E-state index contributed by atoms with van der Waals surface area (Å²) in [5.74, 6) is -0.0465. The van der Waals surface area contributed by atoms with Crippen molar-refractivity contribution in [2.45, 2.75) is 6.54 Å². The van der Waals surface area contributed by atoms with E-state index in [4.69, 9.17) is 4.74 Å². The fourth-order valence-electron chi connectivity index (χ4n) is 2.59. The molecule has 142 valence electrons. The molecule has 0 spiro atoms. The third-order valence-corrected chi connectivity index (χ3v) is 4.10. The Morgan fingerprint density at radius 2 is 1.68 bits per heavy atom. The summed E-state index contributed by atoms with van der Waals surface area (Å²) in [6.07, 6.45) is 0. The highest BCUT2D eigenvalue weighted by Crippen LogP contribution is 2.14. The van der Waals surface area contributed by atoms with Gasteiger partial charge in [-0.05, 0) is 42.0 Å². The Morgan fingerprint density at radius 3 is 2.29 bits per heavy atom. The van der Waals surface area contributed by atoms with Gasteiger partial charge in [-0.1, -0.05) is 30.3 Å². The summed E-state index contributed by atoms with van der Waals surface area (Å²) in [5, 5.41) is 10.9. The van der Waals surface area contributed by atoms with Crippen molar-refractivity contribution < 1.29 is 14.3 Å². The molecule has 0 radical (unpaired) electrons. The van der Waals surface area contributed by atoms with Crippen LogP contribution in [0.1, 0.15) is 26.4 Å². The van der Waals surface area contributed by atoms with Gasteiger partial charge in [-0.3, -0.25) is 4.79 Å². The summed E-state index contributed by atoms with van der Waals surface area (Å²) >= 11 is 0. The molecule has 0 saturated heterocycles. The van der Waals surface area contributed by atoms with Crippen LogP contribution in [0.3, 0.4) is 0 Å². The van der Waals surface area contributed by atoms with Crippen molar-refractivity contribution in [3.8, 4) is 0 Å². The van der Waals surface area contributed by atoms with Crippen LogP contribution in [0.25, 0.3) is 0 Å². The second-order valence-corrected chi connectivity index (χ2v) is 6.14. The van der Waals surface area contributed by atoms with E-state index in [1.54, 1.807) is 36.4 Å². The summed E-state index contributed by atoms with van der Waals surface area (Å²) in [6, 6.07) is 19.7. The molecule has 7 nitrogen and oxygen atoms in total. The monoisotopic (exact) mass is 376 g/mol. The number of amides is 1. The lowest BCUT2D eigenvalue weighted by atomic mass is 10.1. The number of methoxy groups -OCH3 is 1. The van der Waals surface area contributed by atoms with Gasteiger partial charge in [-0.15, -0.1) is 10.2 Å². The van der Waals surface area contributed by atoms with E-state index in [-0.39, 0.29) is 17.6 Å². The minimum atomic E-state index is -0.366. The lowest BCUT2D eigenvalue weighted by Crippen LogP contribution is -2.20. The third-order valence-electron chi connectivity index (χ3n) is 4.10. The number of para-hydroxylation sites is 1. The SMILES string of the molecule is COC(=O)c1ccc(CN(C)c2ccc(C(=O)Nc3ccccc3)nn2)cc1. The van der Waals surface area contributed by atoms with Crippen LogP contribution in [-0.4, -0.2) is 36.2 Å². The van der Waals surface area contributed by atoms with Crippen LogP contribution in [-0.2, 0) is 11.3 Å². The predicted molar refractivity (Wildman–Crippen MR) is 106 cm³/mol. The number of benzene rings is 2. The van der Waals surface area contributed by atoms with E-state index < -0.39 is 0 Å². The van der Waals surface area contributed by atoms with E-state index in [0.717, 1.165) is 5.56 Å². The summed E-state index contributed by atoms with van der Waals surface area (Å²) in [7, 11) is 3.23. The molecule has 1 aromatic heterocycles. The smallest absolute Gasteiger partial charge is 0.337 e. The quantitative estimate of drug-likeness (QED) is 0.665. The molecule has 0 atom stereocenters. The number of hydrogen-bond donors (Lipinski definition) is 1. The highest BCUT2D eigenvalue weighted by molar-refractivity contribution is 6.02. The average molecular weight is 376 g/mol.